The largest absolute Gasteiger partial charge is 0.302 e. The van der Waals surface area contributed by atoms with Crippen LogP contribution in [0.15, 0.2) is 66.7 Å². The standard InChI is InChI=1S/C28H25ClN2O3S/c1-17-10-13-22-21(14-17)28(4,18-8-6-5-7-9-18)16-27(2,3)30(22)26(32)25-24(29)20-12-11-19(31(33)34)15-23(20)35-25/h5-15H,16H2,1-4H3. The van der Waals surface area contributed by atoms with Gasteiger partial charge < -0.3 is 4.90 Å². The van der Waals surface area contributed by atoms with Gasteiger partial charge >= 0.3 is 0 Å². The number of benzene rings is 3. The zero-order valence-corrected chi connectivity index (χ0v) is 21.5. The lowest BCUT2D eigenvalue weighted by Gasteiger charge is -2.51. The monoisotopic (exact) mass is 504 g/mol. The van der Waals surface area contributed by atoms with Crippen molar-refractivity contribution in [2.24, 2.45) is 0 Å². The fourth-order valence-electron chi connectivity index (χ4n) is 5.51. The molecular weight excluding hydrogens is 480 g/mol. The van der Waals surface area contributed by atoms with Gasteiger partial charge in [-0.25, -0.2) is 0 Å². The molecule has 4 aromatic rings. The minimum absolute atomic E-state index is 0.0211. The molecule has 0 saturated carbocycles. The Morgan fingerprint density at radius 1 is 1.06 bits per heavy atom. The highest BCUT2D eigenvalue weighted by molar-refractivity contribution is 7.21. The minimum atomic E-state index is -0.518. The van der Waals surface area contributed by atoms with E-state index in [-0.39, 0.29) is 17.0 Å². The molecule has 3 aromatic carbocycles. The molecule has 0 aliphatic carbocycles. The number of non-ortho nitro benzene ring substituents is 1. The van der Waals surface area contributed by atoms with Gasteiger partial charge in [-0.15, -0.1) is 11.3 Å². The summed E-state index contributed by atoms with van der Waals surface area (Å²) in [7, 11) is 0. The van der Waals surface area contributed by atoms with Crippen LogP contribution in [0.5, 0.6) is 0 Å². The predicted octanol–water partition coefficient (Wildman–Crippen LogP) is 7.91. The van der Waals surface area contributed by atoms with Gasteiger partial charge in [0.15, 0.2) is 0 Å². The third-order valence-electron chi connectivity index (χ3n) is 7.01. The SMILES string of the molecule is Cc1ccc2c(c1)C(C)(c1ccccc1)CC(C)(C)N2C(=O)c1sc2cc([N+](=O)[O-])ccc2c1Cl. The second-order valence-corrected chi connectivity index (χ2v) is 11.5. The van der Waals surface area contributed by atoms with E-state index in [4.69, 9.17) is 11.6 Å². The molecule has 7 heteroatoms. The molecule has 1 aliphatic rings. The summed E-state index contributed by atoms with van der Waals surface area (Å²) in [5.41, 5.74) is 3.48. The maximum atomic E-state index is 14.1. The topological polar surface area (TPSA) is 63.5 Å². The Hall–Kier alpha value is -3.22. The molecule has 5 nitrogen and oxygen atoms in total. The summed E-state index contributed by atoms with van der Waals surface area (Å²) in [4.78, 5) is 27.2. The Balaban J connectivity index is 1.68. The summed E-state index contributed by atoms with van der Waals surface area (Å²) >= 11 is 7.90. The molecule has 0 N–H and O–H groups in total. The number of nitrogens with zero attached hydrogens (tertiary/aromatic N) is 2. The highest BCUT2D eigenvalue weighted by Gasteiger charge is 2.48. The number of thiophene rings is 1. The molecular formula is C28H25ClN2O3S. The lowest BCUT2D eigenvalue weighted by Crippen LogP contribution is -2.55. The maximum absolute atomic E-state index is 14.1. The second kappa shape index (κ2) is 8.18. The normalized spacial score (nSPS) is 18.9. The lowest BCUT2D eigenvalue weighted by atomic mass is 9.65. The van der Waals surface area contributed by atoms with Gasteiger partial charge in [0.05, 0.1) is 9.95 Å². The van der Waals surface area contributed by atoms with E-state index in [1.807, 2.05) is 23.1 Å². The molecule has 0 fully saturated rings. The number of hydrogen-bond donors (Lipinski definition) is 0. The van der Waals surface area contributed by atoms with Gasteiger partial charge in [-0.3, -0.25) is 14.9 Å². The van der Waals surface area contributed by atoms with E-state index in [1.165, 1.54) is 29.0 Å². The van der Waals surface area contributed by atoms with Crippen LogP contribution in [-0.2, 0) is 5.41 Å². The molecule has 0 spiro atoms. The number of nitro benzene ring substituents is 1. The van der Waals surface area contributed by atoms with Crippen molar-refractivity contribution in [3.8, 4) is 0 Å². The van der Waals surface area contributed by atoms with E-state index in [2.05, 4.69) is 58.0 Å². The van der Waals surface area contributed by atoms with Crippen molar-refractivity contribution >= 4 is 50.3 Å². The number of fused-ring (bicyclic) bond motifs is 2. The highest BCUT2D eigenvalue weighted by Crippen LogP contribution is 2.52. The first-order valence-electron chi connectivity index (χ1n) is 11.4. The Bertz CT molecular complexity index is 1500. The summed E-state index contributed by atoms with van der Waals surface area (Å²) in [5, 5.41) is 12.2. The smallest absolute Gasteiger partial charge is 0.270 e. The fourth-order valence-corrected chi connectivity index (χ4v) is 6.98. The van der Waals surface area contributed by atoms with Crippen LogP contribution in [-0.4, -0.2) is 16.4 Å². The van der Waals surface area contributed by atoms with Gasteiger partial charge in [0.1, 0.15) is 4.88 Å². The van der Waals surface area contributed by atoms with Crippen LogP contribution in [0.1, 0.15) is 53.6 Å². The molecule has 1 amide bonds. The van der Waals surface area contributed by atoms with E-state index in [9.17, 15) is 14.9 Å². The quantitative estimate of drug-likeness (QED) is 0.210. The van der Waals surface area contributed by atoms with E-state index in [0.717, 1.165) is 23.2 Å². The molecule has 5 rings (SSSR count). The third kappa shape index (κ3) is 3.72. The summed E-state index contributed by atoms with van der Waals surface area (Å²) in [6, 6.07) is 21.2. The van der Waals surface area contributed by atoms with Crippen LogP contribution in [0.2, 0.25) is 5.02 Å². The van der Waals surface area contributed by atoms with E-state index < -0.39 is 10.5 Å². The average Bonchev–Trinajstić information content (AvgIpc) is 3.15. The van der Waals surface area contributed by atoms with Crippen molar-refractivity contribution in [1.29, 1.82) is 0 Å². The first-order valence-corrected chi connectivity index (χ1v) is 12.6. The second-order valence-electron chi connectivity index (χ2n) is 10.0. The minimum Gasteiger partial charge on any atom is -0.302 e. The molecule has 35 heavy (non-hydrogen) atoms. The van der Waals surface area contributed by atoms with Crippen molar-refractivity contribution in [3.63, 3.8) is 0 Å². The van der Waals surface area contributed by atoms with Gasteiger partial charge in [-0.05, 0) is 50.5 Å². The van der Waals surface area contributed by atoms with Crippen molar-refractivity contribution in [3.05, 3.63) is 103 Å². The number of nitro groups is 1. The number of aryl methyl sites for hydroxylation is 1. The zero-order chi connectivity index (χ0) is 25.1. The van der Waals surface area contributed by atoms with Gasteiger partial charge in [0.2, 0.25) is 0 Å². The van der Waals surface area contributed by atoms with Crippen molar-refractivity contribution in [2.75, 3.05) is 4.90 Å². The van der Waals surface area contributed by atoms with Crippen LogP contribution < -0.4 is 4.90 Å². The molecule has 1 atom stereocenters. The molecule has 0 radical (unpaired) electrons. The van der Waals surface area contributed by atoms with Crippen LogP contribution in [0.25, 0.3) is 10.1 Å². The number of hydrogen-bond acceptors (Lipinski definition) is 4. The van der Waals surface area contributed by atoms with Crippen molar-refractivity contribution < 1.29 is 9.72 Å². The average molecular weight is 505 g/mol. The number of halogens is 1. The number of rotatable bonds is 3. The first-order chi connectivity index (χ1) is 16.5. The number of carbonyl (C=O) groups is 1. The zero-order valence-electron chi connectivity index (χ0n) is 20.0. The van der Waals surface area contributed by atoms with E-state index in [1.54, 1.807) is 6.07 Å². The highest BCUT2D eigenvalue weighted by atomic mass is 35.5. The Labute approximate surface area is 213 Å². The van der Waals surface area contributed by atoms with Crippen molar-refractivity contribution in [2.45, 2.75) is 45.1 Å². The van der Waals surface area contributed by atoms with Gasteiger partial charge in [0.25, 0.3) is 11.6 Å². The Kier molecular flexibility index (Phi) is 5.49. The summed E-state index contributed by atoms with van der Waals surface area (Å²) in [6.07, 6.45) is 0.722. The van der Waals surface area contributed by atoms with Crippen LogP contribution in [0, 0.1) is 17.0 Å². The van der Waals surface area contributed by atoms with Gasteiger partial charge in [-0.2, -0.15) is 0 Å². The molecule has 1 aromatic heterocycles. The lowest BCUT2D eigenvalue weighted by molar-refractivity contribution is -0.384. The number of anilines is 1. The fraction of sp³-hybridized carbons (Fsp3) is 0.250. The van der Waals surface area contributed by atoms with Crippen LogP contribution in [0.4, 0.5) is 11.4 Å². The Morgan fingerprint density at radius 2 is 1.77 bits per heavy atom. The van der Waals surface area contributed by atoms with E-state index >= 15 is 0 Å². The van der Waals surface area contributed by atoms with Crippen LogP contribution >= 0.6 is 22.9 Å². The molecule has 1 aliphatic heterocycles. The summed E-state index contributed by atoms with van der Waals surface area (Å²) < 4.78 is 0.626. The molecule has 0 bridgehead atoms. The number of carbonyl (C=O) groups excluding carboxylic acids is 1. The summed E-state index contributed by atoms with van der Waals surface area (Å²) in [5.74, 6) is -0.191. The van der Waals surface area contributed by atoms with Gasteiger partial charge in [-0.1, -0.05) is 66.6 Å². The van der Waals surface area contributed by atoms with Crippen LogP contribution in [0.3, 0.4) is 0 Å². The molecule has 0 saturated heterocycles. The summed E-state index contributed by atoms with van der Waals surface area (Å²) in [6.45, 7) is 8.48. The van der Waals surface area contributed by atoms with Gasteiger partial charge in [0, 0.05) is 38.9 Å². The first kappa shape index (κ1) is 23.5. The predicted molar refractivity (Wildman–Crippen MR) is 143 cm³/mol. The third-order valence-corrected chi connectivity index (χ3v) is 8.66. The molecule has 2 heterocycles. The molecule has 178 valence electrons. The Morgan fingerprint density at radius 3 is 2.46 bits per heavy atom. The maximum Gasteiger partial charge on any atom is 0.270 e. The number of amides is 1. The van der Waals surface area contributed by atoms with E-state index in [0.29, 0.717) is 20.0 Å². The van der Waals surface area contributed by atoms with Crippen molar-refractivity contribution in [1.82, 2.24) is 0 Å². The molecule has 1 unspecified atom stereocenters.